The molecule has 6 nitrogen and oxygen atoms in total. The van der Waals surface area contributed by atoms with Gasteiger partial charge in [0, 0.05) is 31.1 Å². The fraction of sp³-hybridized carbons (Fsp3) is 0.400. The first-order valence-corrected chi connectivity index (χ1v) is 10.3. The molecule has 0 atom stereocenters. The fourth-order valence-electron chi connectivity index (χ4n) is 3.94. The highest BCUT2D eigenvalue weighted by atomic mass is 32.2. The van der Waals surface area contributed by atoms with E-state index in [2.05, 4.69) is 42.8 Å². The van der Waals surface area contributed by atoms with Gasteiger partial charge < -0.3 is 15.0 Å². The van der Waals surface area contributed by atoms with Gasteiger partial charge in [0.1, 0.15) is 23.5 Å². The number of anilines is 1. The van der Waals surface area contributed by atoms with Crippen LogP contribution in [0.25, 0.3) is 11.0 Å². The van der Waals surface area contributed by atoms with Gasteiger partial charge in [0.2, 0.25) is 0 Å². The Balaban J connectivity index is 1.10. The highest BCUT2D eigenvalue weighted by molar-refractivity contribution is 7.96. The number of rotatable bonds is 6. The molecule has 1 aliphatic carbocycles. The molecule has 1 aliphatic heterocycles. The number of methoxy groups -OCH3 is 1. The predicted octanol–water partition coefficient (Wildman–Crippen LogP) is 3.82. The minimum absolute atomic E-state index is 0.517. The van der Waals surface area contributed by atoms with Crippen LogP contribution in [-0.4, -0.2) is 38.2 Å². The number of aromatic nitrogens is 3. The van der Waals surface area contributed by atoms with Gasteiger partial charge in [-0.2, -0.15) is 0 Å². The minimum atomic E-state index is 0.517. The van der Waals surface area contributed by atoms with Crippen LogP contribution in [0.15, 0.2) is 36.8 Å². The average molecular weight is 382 g/mol. The maximum absolute atomic E-state index is 5.34. The van der Waals surface area contributed by atoms with E-state index in [4.69, 9.17) is 4.74 Å². The van der Waals surface area contributed by atoms with Gasteiger partial charge >= 0.3 is 0 Å². The molecule has 0 spiro atoms. The Morgan fingerprint density at radius 3 is 3.00 bits per heavy atom. The van der Waals surface area contributed by atoms with Gasteiger partial charge in [0.15, 0.2) is 0 Å². The summed E-state index contributed by atoms with van der Waals surface area (Å²) in [4.78, 5) is 11.8. The van der Waals surface area contributed by atoms with Crippen LogP contribution in [0, 0.1) is 5.92 Å². The second-order valence-corrected chi connectivity index (χ2v) is 8.48. The Bertz CT molecular complexity index is 952. The van der Waals surface area contributed by atoms with Crippen LogP contribution in [0.3, 0.4) is 0 Å². The van der Waals surface area contributed by atoms with Crippen LogP contribution in [-0.2, 0) is 13.1 Å². The first-order valence-electron chi connectivity index (χ1n) is 9.37. The molecule has 3 aromatic rings. The van der Waals surface area contributed by atoms with Crippen LogP contribution >= 0.6 is 11.9 Å². The molecule has 1 saturated carbocycles. The Morgan fingerprint density at radius 2 is 2.11 bits per heavy atom. The number of aromatic amines is 1. The molecular weight excluding hydrogens is 358 g/mol. The van der Waals surface area contributed by atoms with Crippen molar-refractivity contribution >= 4 is 28.8 Å². The molecule has 1 fully saturated rings. The fourth-order valence-corrected chi connectivity index (χ4v) is 5.09. The van der Waals surface area contributed by atoms with E-state index in [9.17, 15) is 0 Å². The van der Waals surface area contributed by atoms with Gasteiger partial charge in [-0.15, -0.1) is 0 Å². The topological polar surface area (TPSA) is 66.1 Å². The Morgan fingerprint density at radius 1 is 1.22 bits per heavy atom. The van der Waals surface area contributed by atoms with Crippen molar-refractivity contribution < 1.29 is 4.74 Å². The van der Waals surface area contributed by atoms with E-state index in [1.165, 1.54) is 29.7 Å². The lowest BCUT2D eigenvalue weighted by Gasteiger charge is -2.36. The minimum Gasteiger partial charge on any atom is -0.497 e. The van der Waals surface area contributed by atoms with Crippen molar-refractivity contribution in [3.05, 3.63) is 47.9 Å². The van der Waals surface area contributed by atoms with Crippen molar-refractivity contribution in [1.82, 2.24) is 19.3 Å². The van der Waals surface area contributed by atoms with Gasteiger partial charge in [-0.3, -0.25) is 0 Å². The van der Waals surface area contributed by atoms with Crippen LogP contribution < -0.4 is 10.1 Å². The number of H-pyrrole nitrogens is 1. The van der Waals surface area contributed by atoms with Crippen LogP contribution in [0.2, 0.25) is 0 Å². The quantitative estimate of drug-likeness (QED) is 0.633. The smallest absolute Gasteiger partial charge is 0.142 e. The summed E-state index contributed by atoms with van der Waals surface area (Å²) in [6.07, 6.45) is 5.94. The van der Waals surface area contributed by atoms with Gasteiger partial charge in [-0.05, 0) is 48.1 Å². The molecule has 0 bridgehead atoms. The number of nitrogens with one attached hydrogen (secondary N) is 2. The zero-order valence-electron chi connectivity index (χ0n) is 15.3. The number of ether oxygens (including phenoxy) is 1. The second kappa shape index (κ2) is 7.05. The Kier molecular flexibility index (Phi) is 4.41. The van der Waals surface area contributed by atoms with Crippen molar-refractivity contribution in [1.29, 1.82) is 0 Å². The maximum Gasteiger partial charge on any atom is 0.142 e. The zero-order valence-corrected chi connectivity index (χ0v) is 16.1. The predicted molar refractivity (Wildman–Crippen MR) is 109 cm³/mol. The van der Waals surface area contributed by atoms with Gasteiger partial charge in [-0.1, -0.05) is 18.0 Å². The first-order chi connectivity index (χ1) is 13.3. The van der Waals surface area contributed by atoms with Crippen LogP contribution in [0.4, 0.5) is 5.82 Å². The van der Waals surface area contributed by atoms with Crippen LogP contribution in [0.5, 0.6) is 5.75 Å². The summed E-state index contributed by atoms with van der Waals surface area (Å²) >= 11 is 1.98. The van der Waals surface area contributed by atoms with E-state index in [-0.39, 0.29) is 0 Å². The van der Waals surface area contributed by atoms with Crippen molar-refractivity contribution in [3.8, 4) is 5.75 Å². The summed E-state index contributed by atoms with van der Waals surface area (Å²) in [5, 5.41) is 4.65. The molecule has 0 saturated heterocycles. The number of fused-ring (bicyclic) bond motifs is 2. The molecule has 140 valence electrons. The number of benzene rings is 1. The summed E-state index contributed by atoms with van der Waals surface area (Å²) in [6.45, 7) is 2.04. The zero-order chi connectivity index (χ0) is 18.2. The van der Waals surface area contributed by atoms with Crippen molar-refractivity contribution in [2.75, 3.05) is 18.2 Å². The Hall–Kier alpha value is -2.25. The third-order valence-corrected chi connectivity index (χ3v) is 6.77. The van der Waals surface area contributed by atoms with Crippen LogP contribution in [0.1, 0.15) is 24.0 Å². The summed E-state index contributed by atoms with van der Waals surface area (Å²) in [5.74, 6) is 3.86. The Labute approximate surface area is 162 Å². The van der Waals surface area contributed by atoms with E-state index in [0.717, 1.165) is 41.6 Å². The summed E-state index contributed by atoms with van der Waals surface area (Å²) in [7, 11) is 1.73. The van der Waals surface area contributed by atoms with E-state index >= 15 is 0 Å². The van der Waals surface area contributed by atoms with Crippen molar-refractivity contribution in [2.24, 2.45) is 5.92 Å². The average Bonchev–Trinajstić information content (AvgIpc) is 3.29. The summed E-state index contributed by atoms with van der Waals surface area (Å²) in [5.41, 5.74) is 3.72. The lowest BCUT2D eigenvalue weighted by molar-refractivity contribution is 0.312. The number of nitrogens with zero attached hydrogens (tertiary/aromatic N) is 3. The monoisotopic (exact) mass is 381 g/mol. The normalized spacial score (nSPS) is 21.8. The van der Waals surface area contributed by atoms with Crippen molar-refractivity contribution in [2.45, 2.75) is 32.0 Å². The third kappa shape index (κ3) is 3.37. The standard InChI is InChI=1S/C20H23N5OS/c1-26-17-3-2-14-9-25(10-15(14)8-17)27-11-13-6-16(7-13)24-20-18-4-5-21-19(18)22-12-23-20/h2-5,8,12-13,16H,6-7,9-11H2,1H3,(H2,21,22,23,24). The van der Waals surface area contributed by atoms with E-state index in [1.54, 1.807) is 13.4 Å². The SMILES string of the molecule is COc1ccc2c(c1)CN(SCC1CC(Nc3ncnc4[nH]ccc34)C1)C2. The number of hydrogen-bond acceptors (Lipinski definition) is 6. The molecule has 3 heterocycles. The highest BCUT2D eigenvalue weighted by Crippen LogP contribution is 2.37. The van der Waals surface area contributed by atoms with Gasteiger partial charge in [-0.25, -0.2) is 14.3 Å². The molecule has 0 amide bonds. The molecule has 5 rings (SSSR count). The number of hydrogen-bond donors (Lipinski definition) is 2. The van der Waals surface area contributed by atoms with E-state index < -0.39 is 0 Å². The molecule has 1 aromatic carbocycles. The van der Waals surface area contributed by atoms with Crippen molar-refractivity contribution in [3.63, 3.8) is 0 Å². The molecule has 2 aliphatic rings. The third-order valence-electron chi connectivity index (χ3n) is 5.53. The lowest BCUT2D eigenvalue weighted by atomic mass is 9.81. The van der Waals surface area contributed by atoms with E-state index in [1.807, 2.05) is 24.2 Å². The summed E-state index contributed by atoms with van der Waals surface area (Å²) in [6, 6.07) is 8.97. The van der Waals surface area contributed by atoms with Gasteiger partial charge in [0.05, 0.1) is 12.5 Å². The first kappa shape index (κ1) is 16.9. The molecule has 27 heavy (non-hydrogen) atoms. The second-order valence-electron chi connectivity index (χ2n) is 7.37. The molecule has 0 unspecified atom stereocenters. The lowest BCUT2D eigenvalue weighted by Crippen LogP contribution is -2.37. The molecule has 2 N–H and O–H groups in total. The van der Waals surface area contributed by atoms with E-state index in [0.29, 0.717) is 6.04 Å². The largest absolute Gasteiger partial charge is 0.497 e. The highest BCUT2D eigenvalue weighted by Gasteiger charge is 2.31. The summed E-state index contributed by atoms with van der Waals surface area (Å²) < 4.78 is 7.81. The van der Waals surface area contributed by atoms with Gasteiger partial charge in [0.25, 0.3) is 0 Å². The molecule has 2 aromatic heterocycles. The molecule has 0 radical (unpaired) electrons. The maximum atomic E-state index is 5.34. The molecular formula is C20H23N5OS. The molecule has 7 heteroatoms.